The van der Waals surface area contributed by atoms with Gasteiger partial charge in [-0.25, -0.2) is 4.98 Å². The maximum atomic E-state index is 14.4. The molecular formula is C20H12BrF4N3O4. The van der Waals surface area contributed by atoms with Gasteiger partial charge in [0.15, 0.2) is 34.4 Å². The van der Waals surface area contributed by atoms with E-state index in [1.54, 1.807) is 0 Å². The van der Waals surface area contributed by atoms with Crippen LogP contribution in [0.2, 0.25) is 0 Å². The van der Waals surface area contributed by atoms with Crippen molar-refractivity contribution in [1.82, 2.24) is 14.6 Å². The molecule has 0 fully saturated rings. The number of halogens is 5. The van der Waals surface area contributed by atoms with Gasteiger partial charge in [-0.05, 0) is 40.2 Å². The van der Waals surface area contributed by atoms with Gasteiger partial charge in [-0.3, -0.25) is 0 Å². The third-order valence-electron chi connectivity index (χ3n) is 4.27. The number of aromatic nitrogens is 3. The lowest BCUT2D eigenvalue weighted by Gasteiger charge is -2.12. The van der Waals surface area contributed by atoms with Gasteiger partial charge in [-0.1, -0.05) is 0 Å². The smallest absolute Gasteiger partial charge is 0.241 e. The van der Waals surface area contributed by atoms with Crippen LogP contribution in [-0.2, 0) is 0 Å². The van der Waals surface area contributed by atoms with Crippen LogP contribution in [0.3, 0.4) is 0 Å². The Bertz CT molecular complexity index is 1330. The van der Waals surface area contributed by atoms with Gasteiger partial charge < -0.3 is 18.9 Å². The topological polar surface area (TPSA) is 67.1 Å². The molecule has 0 radical (unpaired) electrons. The summed E-state index contributed by atoms with van der Waals surface area (Å²) in [4.78, 5) is 4.08. The number of ether oxygens (including phenoxy) is 4. The highest BCUT2D eigenvalue weighted by Gasteiger charge is 2.21. The van der Waals surface area contributed by atoms with Crippen LogP contribution in [0, 0.1) is 23.3 Å². The zero-order valence-corrected chi connectivity index (χ0v) is 17.9. The van der Waals surface area contributed by atoms with Crippen LogP contribution in [0.15, 0.2) is 41.1 Å². The van der Waals surface area contributed by atoms with Gasteiger partial charge in [0.25, 0.3) is 0 Å². The van der Waals surface area contributed by atoms with Crippen molar-refractivity contribution in [1.29, 1.82) is 0 Å². The van der Waals surface area contributed by atoms with E-state index in [-0.39, 0.29) is 28.8 Å². The van der Waals surface area contributed by atoms with Crippen LogP contribution < -0.4 is 18.9 Å². The average Bonchev–Trinajstić information content (AvgIpc) is 3.16. The third-order valence-corrected chi connectivity index (χ3v) is 4.81. The predicted molar refractivity (Wildman–Crippen MR) is 107 cm³/mol. The van der Waals surface area contributed by atoms with Crippen molar-refractivity contribution in [2.24, 2.45) is 0 Å². The van der Waals surface area contributed by atoms with E-state index in [0.717, 1.165) is 18.2 Å². The number of hydrogen-bond donors (Lipinski definition) is 0. The standard InChI is InChI=1S/C20H12BrF4N3O4/c1-29-9-3-5-11(18(24)16(9)22)31-13-7-15(27-28-14(21)8-26-20(13)28)32-12-6-4-10(30-2)17(23)19(12)25/h3-8H,1-2H3. The van der Waals surface area contributed by atoms with Crippen LogP contribution in [0.4, 0.5) is 17.6 Å². The summed E-state index contributed by atoms with van der Waals surface area (Å²) < 4.78 is 78.7. The van der Waals surface area contributed by atoms with E-state index in [1.165, 1.54) is 37.1 Å². The van der Waals surface area contributed by atoms with Crippen molar-refractivity contribution in [3.63, 3.8) is 0 Å². The zero-order valence-electron chi connectivity index (χ0n) is 16.3. The first-order valence-electron chi connectivity index (χ1n) is 8.78. The normalized spacial score (nSPS) is 11.0. The maximum Gasteiger partial charge on any atom is 0.241 e. The van der Waals surface area contributed by atoms with E-state index in [1.807, 2.05) is 0 Å². The molecule has 0 amide bonds. The fourth-order valence-corrected chi connectivity index (χ4v) is 3.10. The Morgan fingerprint density at radius 3 is 1.81 bits per heavy atom. The maximum absolute atomic E-state index is 14.4. The van der Waals surface area contributed by atoms with Gasteiger partial charge in [0.2, 0.25) is 29.1 Å². The Morgan fingerprint density at radius 2 is 1.25 bits per heavy atom. The van der Waals surface area contributed by atoms with E-state index in [4.69, 9.17) is 18.9 Å². The summed E-state index contributed by atoms with van der Waals surface area (Å²) in [7, 11) is 2.38. The van der Waals surface area contributed by atoms with Crippen LogP contribution in [-0.4, -0.2) is 28.8 Å². The van der Waals surface area contributed by atoms with Crippen molar-refractivity contribution in [2.75, 3.05) is 14.2 Å². The molecule has 4 aromatic rings. The number of fused-ring (bicyclic) bond motifs is 1. The molecule has 12 heteroatoms. The monoisotopic (exact) mass is 513 g/mol. The molecule has 32 heavy (non-hydrogen) atoms. The SMILES string of the molecule is COc1ccc(Oc2cc(Oc3ccc(OC)c(F)c3F)c3ncc(Br)n3n2)c(F)c1F. The van der Waals surface area contributed by atoms with Crippen molar-refractivity contribution in [3.05, 3.63) is 64.4 Å². The largest absolute Gasteiger partial charge is 0.494 e. The van der Waals surface area contributed by atoms with Gasteiger partial charge in [0, 0.05) is 6.07 Å². The Morgan fingerprint density at radius 1 is 0.750 bits per heavy atom. The van der Waals surface area contributed by atoms with Crippen LogP contribution in [0.5, 0.6) is 34.6 Å². The first-order valence-corrected chi connectivity index (χ1v) is 9.57. The second-order valence-corrected chi connectivity index (χ2v) is 6.97. The molecule has 4 rings (SSSR count). The predicted octanol–water partition coefficient (Wildman–Crippen LogP) is 5.65. The Balaban J connectivity index is 1.77. The molecule has 0 aliphatic heterocycles. The highest BCUT2D eigenvalue weighted by Crippen LogP contribution is 2.36. The Kier molecular flexibility index (Phi) is 5.78. The molecule has 2 aromatic carbocycles. The first kappa shape index (κ1) is 21.7. The number of rotatable bonds is 6. The van der Waals surface area contributed by atoms with E-state index in [2.05, 4.69) is 26.0 Å². The lowest BCUT2D eigenvalue weighted by molar-refractivity contribution is 0.351. The molecule has 0 aliphatic carbocycles. The quantitative estimate of drug-likeness (QED) is 0.310. The van der Waals surface area contributed by atoms with Crippen LogP contribution in [0.25, 0.3) is 5.65 Å². The summed E-state index contributed by atoms with van der Waals surface area (Å²) >= 11 is 3.22. The summed E-state index contributed by atoms with van der Waals surface area (Å²) in [6.45, 7) is 0. The van der Waals surface area contributed by atoms with Gasteiger partial charge in [0.1, 0.15) is 4.60 Å². The fraction of sp³-hybridized carbons (Fsp3) is 0.100. The van der Waals surface area contributed by atoms with Crippen molar-refractivity contribution >= 4 is 21.6 Å². The number of imidazole rings is 1. The minimum absolute atomic E-state index is 0.0986. The highest BCUT2D eigenvalue weighted by atomic mass is 79.9. The number of methoxy groups -OCH3 is 2. The molecule has 0 saturated carbocycles. The molecule has 0 spiro atoms. The zero-order chi connectivity index (χ0) is 23.0. The molecule has 0 saturated heterocycles. The average molecular weight is 514 g/mol. The van der Waals surface area contributed by atoms with E-state index < -0.39 is 34.8 Å². The molecule has 0 aliphatic rings. The summed E-state index contributed by atoms with van der Waals surface area (Å²) in [6.07, 6.45) is 1.37. The van der Waals surface area contributed by atoms with E-state index in [9.17, 15) is 17.6 Å². The molecular weight excluding hydrogens is 502 g/mol. The summed E-state index contributed by atoms with van der Waals surface area (Å²) in [5.41, 5.74) is 0.112. The Labute approximate surface area is 186 Å². The second-order valence-electron chi connectivity index (χ2n) is 6.16. The minimum atomic E-state index is -1.30. The van der Waals surface area contributed by atoms with Crippen molar-refractivity contribution in [2.45, 2.75) is 0 Å². The first-order chi connectivity index (χ1) is 15.3. The molecule has 166 valence electrons. The minimum Gasteiger partial charge on any atom is -0.494 e. The fourth-order valence-electron chi connectivity index (χ4n) is 2.75. The molecule has 0 bridgehead atoms. The lowest BCUT2D eigenvalue weighted by Crippen LogP contribution is -2.02. The number of benzene rings is 2. The Hall–Kier alpha value is -3.54. The highest BCUT2D eigenvalue weighted by molar-refractivity contribution is 9.10. The summed E-state index contributed by atoms with van der Waals surface area (Å²) in [5.74, 6) is -7.01. The molecule has 0 unspecified atom stereocenters. The summed E-state index contributed by atoms with van der Waals surface area (Å²) in [5, 5.41) is 4.11. The number of hydrogen-bond acceptors (Lipinski definition) is 6. The molecule has 2 aromatic heterocycles. The van der Waals surface area contributed by atoms with Gasteiger partial charge in [-0.15, -0.1) is 5.10 Å². The van der Waals surface area contributed by atoms with Crippen LogP contribution >= 0.6 is 15.9 Å². The van der Waals surface area contributed by atoms with Gasteiger partial charge in [0.05, 0.1) is 20.4 Å². The lowest BCUT2D eigenvalue weighted by atomic mass is 10.3. The van der Waals surface area contributed by atoms with Crippen molar-refractivity contribution in [3.8, 4) is 34.6 Å². The number of nitrogens with zero attached hydrogens (tertiary/aromatic N) is 3. The third kappa shape index (κ3) is 3.77. The molecule has 0 atom stereocenters. The van der Waals surface area contributed by atoms with Crippen LogP contribution in [0.1, 0.15) is 0 Å². The van der Waals surface area contributed by atoms with Gasteiger partial charge >= 0.3 is 0 Å². The molecule has 7 nitrogen and oxygen atoms in total. The second kappa shape index (κ2) is 8.54. The van der Waals surface area contributed by atoms with Crippen molar-refractivity contribution < 1.29 is 36.5 Å². The summed E-state index contributed by atoms with van der Waals surface area (Å²) in [6, 6.07) is 5.82. The van der Waals surface area contributed by atoms with E-state index in [0.29, 0.717) is 4.60 Å². The van der Waals surface area contributed by atoms with Gasteiger partial charge in [-0.2, -0.15) is 22.1 Å². The van der Waals surface area contributed by atoms with E-state index >= 15 is 0 Å². The molecule has 2 heterocycles. The molecule has 0 N–H and O–H groups in total.